The summed E-state index contributed by atoms with van der Waals surface area (Å²) in [5.74, 6) is 2.28. The molecule has 0 amide bonds. The average Bonchev–Trinajstić information content (AvgIpc) is 2.64. The molecule has 78 valence electrons. The minimum absolute atomic E-state index is 0.523. The molecule has 2 heterocycles. The molecule has 0 aliphatic rings. The summed E-state index contributed by atoms with van der Waals surface area (Å²) in [7, 11) is 0. The van der Waals surface area contributed by atoms with Gasteiger partial charge in [-0.25, -0.2) is 9.97 Å². The van der Waals surface area contributed by atoms with E-state index in [9.17, 15) is 0 Å². The van der Waals surface area contributed by atoms with Crippen molar-refractivity contribution in [3.8, 4) is 0 Å². The van der Waals surface area contributed by atoms with Crippen LogP contribution in [0.3, 0.4) is 0 Å². The monoisotopic (exact) mass is 223 g/mol. The summed E-state index contributed by atoms with van der Waals surface area (Å²) in [6.45, 7) is 2.47. The summed E-state index contributed by atoms with van der Waals surface area (Å²) < 4.78 is 5.38. The predicted molar refractivity (Wildman–Crippen MR) is 57.8 cm³/mol. The molecule has 0 aliphatic heterocycles. The van der Waals surface area contributed by atoms with E-state index in [4.69, 9.17) is 16.0 Å². The van der Waals surface area contributed by atoms with Gasteiger partial charge in [0.2, 0.25) is 5.95 Å². The average molecular weight is 224 g/mol. The standard InChI is InChI=1S/C10H10ClN3O/c1-7-2-3-9(15-7)6-14-10-12-4-8(11)5-13-10/h2-5H,6H2,1H3,(H,12,13,14). The van der Waals surface area contributed by atoms with E-state index in [0.717, 1.165) is 11.5 Å². The summed E-state index contributed by atoms with van der Waals surface area (Å²) in [6.07, 6.45) is 3.09. The van der Waals surface area contributed by atoms with Crippen molar-refractivity contribution in [2.75, 3.05) is 5.32 Å². The minimum Gasteiger partial charge on any atom is -0.465 e. The Bertz CT molecular complexity index is 438. The first-order valence-electron chi connectivity index (χ1n) is 4.51. The van der Waals surface area contributed by atoms with E-state index in [2.05, 4.69) is 15.3 Å². The van der Waals surface area contributed by atoms with Gasteiger partial charge in [0.15, 0.2) is 0 Å². The fourth-order valence-corrected chi connectivity index (χ4v) is 1.25. The molecule has 0 aromatic carbocycles. The van der Waals surface area contributed by atoms with Crippen LogP contribution < -0.4 is 5.32 Å². The van der Waals surface area contributed by atoms with Crippen molar-refractivity contribution in [2.24, 2.45) is 0 Å². The van der Waals surface area contributed by atoms with E-state index in [0.29, 0.717) is 17.5 Å². The maximum atomic E-state index is 5.66. The van der Waals surface area contributed by atoms with Crippen LogP contribution in [0.25, 0.3) is 0 Å². The number of furan rings is 1. The number of hydrogen-bond acceptors (Lipinski definition) is 4. The Kier molecular flexibility index (Phi) is 2.87. The van der Waals surface area contributed by atoms with Gasteiger partial charge in [0, 0.05) is 0 Å². The Morgan fingerprint density at radius 1 is 1.33 bits per heavy atom. The third kappa shape index (κ3) is 2.70. The Balaban J connectivity index is 1.96. The highest BCUT2D eigenvalue weighted by molar-refractivity contribution is 6.30. The second-order valence-corrected chi connectivity index (χ2v) is 3.53. The van der Waals surface area contributed by atoms with Crippen LogP contribution in [-0.2, 0) is 6.54 Å². The lowest BCUT2D eigenvalue weighted by Gasteiger charge is -2.01. The van der Waals surface area contributed by atoms with E-state index in [1.165, 1.54) is 0 Å². The number of nitrogens with zero attached hydrogens (tertiary/aromatic N) is 2. The topological polar surface area (TPSA) is 51.0 Å². The summed E-state index contributed by atoms with van der Waals surface area (Å²) in [6, 6.07) is 3.83. The van der Waals surface area contributed by atoms with Crippen LogP contribution >= 0.6 is 11.6 Å². The highest BCUT2D eigenvalue weighted by atomic mass is 35.5. The molecule has 2 rings (SSSR count). The summed E-state index contributed by atoms with van der Waals surface area (Å²) in [5.41, 5.74) is 0. The van der Waals surface area contributed by atoms with E-state index >= 15 is 0 Å². The lowest BCUT2D eigenvalue weighted by molar-refractivity contribution is 0.490. The molecule has 2 aromatic heterocycles. The van der Waals surface area contributed by atoms with Gasteiger partial charge < -0.3 is 9.73 Å². The van der Waals surface area contributed by atoms with Crippen LogP contribution in [0.5, 0.6) is 0 Å². The van der Waals surface area contributed by atoms with Gasteiger partial charge in [0.1, 0.15) is 11.5 Å². The number of hydrogen-bond donors (Lipinski definition) is 1. The molecule has 5 heteroatoms. The van der Waals surface area contributed by atoms with Crippen LogP contribution in [0.15, 0.2) is 28.9 Å². The molecule has 0 bridgehead atoms. The number of aryl methyl sites for hydroxylation is 1. The number of aromatic nitrogens is 2. The smallest absolute Gasteiger partial charge is 0.223 e. The maximum Gasteiger partial charge on any atom is 0.223 e. The second kappa shape index (κ2) is 4.31. The quantitative estimate of drug-likeness (QED) is 0.869. The van der Waals surface area contributed by atoms with E-state index in [1.807, 2.05) is 19.1 Å². The van der Waals surface area contributed by atoms with Crippen LogP contribution in [0.4, 0.5) is 5.95 Å². The van der Waals surface area contributed by atoms with Crippen molar-refractivity contribution >= 4 is 17.5 Å². The fraction of sp³-hybridized carbons (Fsp3) is 0.200. The van der Waals surface area contributed by atoms with Gasteiger partial charge in [-0.2, -0.15) is 0 Å². The number of nitrogens with one attached hydrogen (secondary N) is 1. The zero-order chi connectivity index (χ0) is 10.7. The predicted octanol–water partition coefficient (Wildman–Crippen LogP) is 2.64. The Labute approximate surface area is 92.3 Å². The zero-order valence-electron chi connectivity index (χ0n) is 8.20. The normalized spacial score (nSPS) is 10.3. The molecule has 1 N–H and O–H groups in total. The van der Waals surface area contributed by atoms with Crippen molar-refractivity contribution in [2.45, 2.75) is 13.5 Å². The van der Waals surface area contributed by atoms with Gasteiger partial charge in [0.25, 0.3) is 0 Å². The molecule has 0 saturated heterocycles. The molecular formula is C10H10ClN3O. The highest BCUT2D eigenvalue weighted by Crippen LogP contribution is 2.09. The van der Waals surface area contributed by atoms with Gasteiger partial charge in [-0.15, -0.1) is 0 Å². The Morgan fingerprint density at radius 3 is 2.67 bits per heavy atom. The molecule has 0 radical (unpaired) electrons. The minimum atomic E-state index is 0.523. The fourth-order valence-electron chi connectivity index (χ4n) is 1.15. The number of anilines is 1. The number of rotatable bonds is 3. The highest BCUT2D eigenvalue weighted by Gasteiger charge is 1.99. The van der Waals surface area contributed by atoms with E-state index < -0.39 is 0 Å². The van der Waals surface area contributed by atoms with Crippen molar-refractivity contribution < 1.29 is 4.42 Å². The van der Waals surface area contributed by atoms with Gasteiger partial charge in [-0.3, -0.25) is 0 Å². The molecule has 0 fully saturated rings. The van der Waals surface area contributed by atoms with E-state index in [-0.39, 0.29) is 0 Å². The summed E-state index contributed by atoms with van der Waals surface area (Å²) >= 11 is 5.66. The molecule has 0 unspecified atom stereocenters. The largest absolute Gasteiger partial charge is 0.465 e. The van der Waals surface area contributed by atoms with Crippen molar-refractivity contribution in [1.29, 1.82) is 0 Å². The molecule has 4 nitrogen and oxygen atoms in total. The molecule has 0 spiro atoms. The third-order valence-electron chi connectivity index (χ3n) is 1.84. The van der Waals surface area contributed by atoms with Crippen LogP contribution in [0.1, 0.15) is 11.5 Å². The van der Waals surface area contributed by atoms with Gasteiger partial charge in [0.05, 0.1) is 24.0 Å². The SMILES string of the molecule is Cc1ccc(CNc2ncc(Cl)cn2)o1. The van der Waals surface area contributed by atoms with Gasteiger partial charge >= 0.3 is 0 Å². The van der Waals surface area contributed by atoms with Gasteiger partial charge in [-0.1, -0.05) is 11.6 Å². The molecule has 15 heavy (non-hydrogen) atoms. The van der Waals surface area contributed by atoms with E-state index in [1.54, 1.807) is 12.4 Å². The van der Waals surface area contributed by atoms with Gasteiger partial charge in [-0.05, 0) is 19.1 Å². The molecule has 2 aromatic rings. The van der Waals surface area contributed by atoms with Crippen LogP contribution in [-0.4, -0.2) is 9.97 Å². The molecular weight excluding hydrogens is 214 g/mol. The number of halogens is 1. The molecule has 0 aliphatic carbocycles. The van der Waals surface area contributed by atoms with Crippen LogP contribution in [0.2, 0.25) is 5.02 Å². The zero-order valence-corrected chi connectivity index (χ0v) is 8.95. The first-order valence-corrected chi connectivity index (χ1v) is 4.88. The van der Waals surface area contributed by atoms with Crippen molar-refractivity contribution in [1.82, 2.24) is 9.97 Å². The first-order chi connectivity index (χ1) is 7.24. The van der Waals surface area contributed by atoms with Crippen molar-refractivity contribution in [3.63, 3.8) is 0 Å². The second-order valence-electron chi connectivity index (χ2n) is 3.09. The maximum absolute atomic E-state index is 5.66. The lowest BCUT2D eigenvalue weighted by Crippen LogP contribution is -2.01. The third-order valence-corrected chi connectivity index (χ3v) is 2.03. The van der Waals surface area contributed by atoms with Crippen LogP contribution in [0, 0.1) is 6.92 Å². The lowest BCUT2D eigenvalue weighted by atomic mass is 10.4. The van der Waals surface area contributed by atoms with Crippen molar-refractivity contribution in [3.05, 3.63) is 41.1 Å². The molecule has 0 saturated carbocycles. The summed E-state index contributed by atoms with van der Waals surface area (Å²) in [4.78, 5) is 8.01. The first kappa shape index (κ1) is 9.98. The Morgan fingerprint density at radius 2 is 2.07 bits per heavy atom. The Hall–Kier alpha value is -1.55. The molecule has 0 atom stereocenters. The summed E-state index contributed by atoms with van der Waals surface area (Å²) in [5, 5.41) is 3.55.